The Morgan fingerprint density at radius 1 is 1.35 bits per heavy atom. The molecular weight excluding hydrogens is 232 g/mol. The van der Waals surface area contributed by atoms with Crippen LogP contribution in [0.15, 0.2) is 12.3 Å². The van der Waals surface area contributed by atoms with E-state index in [1.807, 2.05) is 5.32 Å². The Morgan fingerprint density at radius 3 is 2.59 bits per heavy atom. The summed E-state index contributed by atoms with van der Waals surface area (Å²) in [5.74, 6) is -0.571. The van der Waals surface area contributed by atoms with Crippen LogP contribution in [-0.2, 0) is 9.53 Å². The monoisotopic (exact) mass is 244 g/mol. The lowest BCUT2D eigenvalue weighted by molar-refractivity contribution is -0.116. The molecule has 1 fully saturated rings. The molecule has 0 spiro atoms. The fourth-order valence-corrected chi connectivity index (χ4v) is 1.74. The van der Waals surface area contributed by atoms with Crippen molar-refractivity contribution in [2.45, 2.75) is 24.5 Å². The van der Waals surface area contributed by atoms with Crippen molar-refractivity contribution in [2.24, 2.45) is 0 Å². The van der Waals surface area contributed by atoms with Crippen molar-refractivity contribution in [3.8, 4) is 0 Å². The summed E-state index contributed by atoms with van der Waals surface area (Å²) in [6.07, 6.45) is -2.49. The van der Waals surface area contributed by atoms with Crippen molar-refractivity contribution < 1.29 is 29.6 Å². The molecule has 4 N–H and O–H groups in total. The molecule has 3 amide bonds. The minimum Gasteiger partial charge on any atom is -0.394 e. The van der Waals surface area contributed by atoms with Crippen LogP contribution in [0.2, 0.25) is 0 Å². The van der Waals surface area contributed by atoms with Crippen molar-refractivity contribution in [2.75, 3.05) is 6.61 Å². The first kappa shape index (κ1) is 12.1. The van der Waals surface area contributed by atoms with E-state index in [4.69, 9.17) is 9.84 Å². The molecule has 17 heavy (non-hydrogen) atoms. The van der Waals surface area contributed by atoms with Gasteiger partial charge in [-0.2, -0.15) is 0 Å². The summed E-state index contributed by atoms with van der Waals surface area (Å²) in [6, 6.07) is -0.757. The first-order chi connectivity index (χ1) is 8.04. The summed E-state index contributed by atoms with van der Waals surface area (Å²) in [4.78, 5) is 23.3. The fourth-order valence-electron chi connectivity index (χ4n) is 1.74. The lowest BCUT2D eigenvalue weighted by atomic mass is 10.1. The van der Waals surface area contributed by atoms with Gasteiger partial charge in [0.2, 0.25) is 0 Å². The van der Waals surface area contributed by atoms with Crippen LogP contribution in [0, 0.1) is 0 Å². The molecule has 0 saturated carbocycles. The maximum absolute atomic E-state index is 11.4. The number of rotatable bonds is 2. The predicted molar refractivity (Wildman–Crippen MR) is 52.6 cm³/mol. The van der Waals surface area contributed by atoms with E-state index in [0.29, 0.717) is 0 Å². The zero-order valence-corrected chi connectivity index (χ0v) is 8.68. The van der Waals surface area contributed by atoms with Crippen LogP contribution in [-0.4, -0.2) is 58.4 Å². The van der Waals surface area contributed by atoms with E-state index in [9.17, 15) is 19.8 Å². The standard InChI is InChI=1S/C9H12N2O6/c12-3-4-6(14)7(15)8(17-4)11-2-1-5(13)10-9(11)16/h1-2,4,6-8,12,14-15H,3H2,(H,10,13,16)/q+1/t4-,6-,7-,8-/m1/s1. The van der Waals surface area contributed by atoms with E-state index in [1.165, 1.54) is 0 Å². The number of imide groups is 1. The average molecular weight is 244 g/mol. The largest absolute Gasteiger partial charge is 0.479 e. The molecule has 2 rings (SSSR count). The maximum atomic E-state index is 11.4. The molecule has 2 aliphatic rings. The predicted octanol–water partition coefficient (Wildman–Crippen LogP) is -2.67. The number of nitrogens with zero attached hydrogens (tertiary/aromatic N) is 1. The molecule has 4 atom stereocenters. The second-order valence-electron chi connectivity index (χ2n) is 3.75. The minimum absolute atomic E-state index is 0.479. The lowest BCUT2D eigenvalue weighted by Crippen LogP contribution is -2.55. The van der Waals surface area contributed by atoms with E-state index in [1.54, 1.807) is 0 Å². The number of aliphatic hydroxyl groups is 3. The molecule has 0 aromatic heterocycles. The number of carbonyl (C=O) groups is 2. The second-order valence-corrected chi connectivity index (χ2v) is 3.75. The molecule has 0 aliphatic carbocycles. The van der Waals surface area contributed by atoms with E-state index in [-0.39, 0.29) is 0 Å². The third-order valence-corrected chi connectivity index (χ3v) is 2.64. The van der Waals surface area contributed by atoms with Gasteiger partial charge in [0.1, 0.15) is 12.2 Å². The Morgan fingerprint density at radius 2 is 2.06 bits per heavy atom. The van der Waals surface area contributed by atoms with Gasteiger partial charge in [-0.3, -0.25) is 4.79 Å². The molecule has 8 heteroatoms. The number of hydrogen-bond acceptors (Lipinski definition) is 6. The molecule has 2 aliphatic heterocycles. The van der Waals surface area contributed by atoms with Crippen molar-refractivity contribution in [1.82, 2.24) is 10.2 Å². The zero-order chi connectivity index (χ0) is 12.6. The van der Waals surface area contributed by atoms with E-state index >= 15 is 0 Å². The van der Waals surface area contributed by atoms with Crippen LogP contribution < -0.4 is 10.2 Å². The van der Waals surface area contributed by atoms with Gasteiger partial charge in [-0.15, -0.1) is 0 Å². The van der Waals surface area contributed by atoms with Gasteiger partial charge in [0.05, 0.1) is 12.7 Å². The molecular formula is C9H12N2O6+. The quantitative estimate of drug-likeness (QED) is 0.393. The highest BCUT2D eigenvalue weighted by Gasteiger charge is 2.54. The molecule has 1 radical (unpaired) electrons. The second kappa shape index (κ2) is 4.51. The van der Waals surface area contributed by atoms with Crippen molar-refractivity contribution in [3.05, 3.63) is 12.3 Å². The van der Waals surface area contributed by atoms with E-state index in [0.717, 1.165) is 17.2 Å². The van der Waals surface area contributed by atoms with Gasteiger partial charge in [-0.05, 0) is 4.90 Å². The number of aliphatic hydroxyl groups excluding tert-OH is 3. The molecule has 1 saturated heterocycles. The number of amides is 3. The number of carbonyl (C=O) groups excluding carboxylic acids is 2. The van der Waals surface area contributed by atoms with Crippen molar-refractivity contribution in [1.29, 1.82) is 0 Å². The Hall–Kier alpha value is -1.32. The van der Waals surface area contributed by atoms with Gasteiger partial charge in [-0.25, -0.2) is 10.1 Å². The van der Waals surface area contributed by atoms with Crippen LogP contribution >= 0.6 is 0 Å². The third kappa shape index (κ3) is 2.08. The molecule has 8 nitrogen and oxygen atoms in total. The van der Waals surface area contributed by atoms with Gasteiger partial charge < -0.3 is 20.1 Å². The highest BCUT2D eigenvalue weighted by Crippen LogP contribution is 2.23. The highest BCUT2D eigenvalue weighted by atomic mass is 16.6. The van der Waals surface area contributed by atoms with Gasteiger partial charge in [0.25, 0.3) is 12.1 Å². The van der Waals surface area contributed by atoms with Gasteiger partial charge in [0, 0.05) is 0 Å². The first-order valence-electron chi connectivity index (χ1n) is 4.98. The number of urea groups is 1. The van der Waals surface area contributed by atoms with Gasteiger partial charge in [0.15, 0.2) is 12.3 Å². The summed E-state index contributed by atoms with van der Waals surface area (Å²) in [5, 5.41) is 30.1. The number of nitrogens with one attached hydrogen (secondary N) is 1. The van der Waals surface area contributed by atoms with E-state index < -0.39 is 43.1 Å². The minimum atomic E-state index is -1.35. The molecule has 0 aromatic carbocycles. The summed E-state index contributed by atoms with van der Waals surface area (Å²) < 4.78 is 5.13. The Balaban J connectivity index is 2.16. The Labute approximate surface area is 96.1 Å². The van der Waals surface area contributed by atoms with Gasteiger partial charge in [-0.1, -0.05) is 0 Å². The molecule has 0 aromatic rings. The van der Waals surface area contributed by atoms with Crippen molar-refractivity contribution in [3.63, 3.8) is 0 Å². The Bertz CT molecular complexity index is 370. The van der Waals surface area contributed by atoms with Crippen LogP contribution in [0.3, 0.4) is 0 Å². The molecule has 0 unspecified atom stereocenters. The lowest BCUT2D eigenvalue weighted by Gasteiger charge is -2.16. The van der Waals surface area contributed by atoms with Crippen molar-refractivity contribution >= 4 is 11.9 Å². The van der Waals surface area contributed by atoms with E-state index in [2.05, 4.69) is 0 Å². The maximum Gasteiger partial charge on any atom is 0.479 e. The smallest absolute Gasteiger partial charge is 0.394 e. The van der Waals surface area contributed by atoms with Crippen LogP contribution in [0.5, 0.6) is 0 Å². The summed E-state index contributed by atoms with van der Waals surface area (Å²) >= 11 is 0. The summed E-state index contributed by atoms with van der Waals surface area (Å²) in [7, 11) is 0. The number of hydrogen-bond donors (Lipinski definition) is 4. The Kier molecular flexibility index (Phi) is 3.22. The average Bonchev–Trinajstić information content (AvgIpc) is 2.57. The SMILES string of the molecule is O=C1C=C[N+]([C@@H]2O[C@H](CO)[C@@H](O)[C@H]2O)C(=O)N1. The zero-order valence-electron chi connectivity index (χ0n) is 8.68. The topological polar surface area (TPSA) is 122 Å². The number of ether oxygens (including phenoxy) is 1. The van der Waals surface area contributed by atoms with Crippen LogP contribution in [0.4, 0.5) is 4.79 Å². The summed E-state index contributed by atoms with van der Waals surface area (Å²) in [6.45, 7) is -0.479. The normalized spacial score (nSPS) is 38.5. The van der Waals surface area contributed by atoms with Gasteiger partial charge >= 0.3 is 6.03 Å². The fraction of sp³-hybridized carbons (Fsp3) is 0.556. The molecule has 93 valence electrons. The summed E-state index contributed by atoms with van der Waals surface area (Å²) in [5.41, 5.74) is 0. The highest BCUT2D eigenvalue weighted by molar-refractivity contribution is 6.04. The van der Waals surface area contributed by atoms with Crippen LogP contribution in [0.25, 0.3) is 0 Å². The first-order valence-corrected chi connectivity index (χ1v) is 4.98. The molecule has 2 heterocycles. The molecule has 0 bridgehead atoms. The van der Waals surface area contributed by atoms with Crippen LogP contribution in [0.1, 0.15) is 0 Å². The third-order valence-electron chi connectivity index (χ3n) is 2.64.